The molecular weight excluding hydrogens is 238 g/mol. The molecule has 1 amide bonds. The summed E-state index contributed by atoms with van der Waals surface area (Å²) >= 11 is 0. The Balaban J connectivity index is 2.63. The number of amides is 1. The number of hydrogen-bond acceptors (Lipinski definition) is 3. The topological polar surface area (TPSA) is 58.4 Å². The van der Waals surface area contributed by atoms with Gasteiger partial charge in [0.15, 0.2) is 0 Å². The van der Waals surface area contributed by atoms with E-state index in [2.05, 4.69) is 37.9 Å². The third kappa shape index (κ3) is 3.93. The molecule has 0 aromatic rings. The van der Waals surface area contributed by atoms with E-state index >= 15 is 0 Å². The van der Waals surface area contributed by atoms with Gasteiger partial charge >= 0.3 is 0 Å². The van der Waals surface area contributed by atoms with Gasteiger partial charge in [0.1, 0.15) is 5.54 Å². The molecule has 1 aliphatic carbocycles. The number of rotatable bonds is 7. The van der Waals surface area contributed by atoms with Crippen LogP contribution in [0.25, 0.3) is 0 Å². The summed E-state index contributed by atoms with van der Waals surface area (Å²) in [4.78, 5) is 14.4. The highest BCUT2D eigenvalue weighted by Gasteiger charge is 2.44. The number of primary amides is 1. The van der Waals surface area contributed by atoms with E-state index in [0.717, 1.165) is 39.0 Å². The summed E-state index contributed by atoms with van der Waals surface area (Å²) < 4.78 is 0. The standard InChI is InChI=1S/C15H31N3O/c1-5-18(6-2)10-9-17-15(14(16)19)11-12(3)7-8-13(15)4/h12-13,17H,5-11H2,1-4H3,(H2,16,19). The summed E-state index contributed by atoms with van der Waals surface area (Å²) in [6, 6.07) is 0. The molecule has 1 rings (SSSR count). The van der Waals surface area contributed by atoms with Crippen molar-refractivity contribution in [2.24, 2.45) is 17.6 Å². The number of hydrogen-bond donors (Lipinski definition) is 2. The Morgan fingerprint density at radius 2 is 1.95 bits per heavy atom. The van der Waals surface area contributed by atoms with E-state index in [4.69, 9.17) is 5.73 Å². The Labute approximate surface area is 118 Å². The smallest absolute Gasteiger partial charge is 0.238 e. The summed E-state index contributed by atoms with van der Waals surface area (Å²) in [6.07, 6.45) is 3.16. The second-order valence-electron chi connectivity index (χ2n) is 6.08. The molecule has 1 fully saturated rings. The quantitative estimate of drug-likeness (QED) is 0.738. The van der Waals surface area contributed by atoms with E-state index in [1.807, 2.05) is 0 Å². The average Bonchev–Trinajstić information content (AvgIpc) is 2.38. The maximum atomic E-state index is 12.0. The second-order valence-corrected chi connectivity index (χ2v) is 6.08. The lowest BCUT2D eigenvalue weighted by Gasteiger charge is -2.43. The third-order valence-electron chi connectivity index (χ3n) is 4.81. The lowest BCUT2D eigenvalue weighted by atomic mass is 9.69. The molecule has 0 aliphatic heterocycles. The largest absolute Gasteiger partial charge is 0.368 e. The highest BCUT2D eigenvalue weighted by molar-refractivity contribution is 5.85. The van der Waals surface area contributed by atoms with E-state index in [9.17, 15) is 4.79 Å². The van der Waals surface area contributed by atoms with Crippen LogP contribution in [-0.4, -0.2) is 42.5 Å². The summed E-state index contributed by atoms with van der Waals surface area (Å²) in [7, 11) is 0. The minimum Gasteiger partial charge on any atom is -0.368 e. The molecule has 0 aromatic heterocycles. The molecule has 3 unspecified atom stereocenters. The van der Waals surface area contributed by atoms with Crippen molar-refractivity contribution in [3.05, 3.63) is 0 Å². The van der Waals surface area contributed by atoms with Crippen molar-refractivity contribution in [3.8, 4) is 0 Å². The third-order valence-corrected chi connectivity index (χ3v) is 4.81. The minimum atomic E-state index is -0.495. The molecule has 0 bridgehead atoms. The zero-order valence-electron chi connectivity index (χ0n) is 13.0. The highest BCUT2D eigenvalue weighted by atomic mass is 16.1. The van der Waals surface area contributed by atoms with Gasteiger partial charge in [0.05, 0.1) is 0 Å². The van der Waals surface area contributed by atoms with Crippen LogP contribution in [0.15, 0.2) is 0 Å². The van der Waals surface area contributed by atoms with E-state index in [-0.39, 0.29) is 5.91 Å². The Bertz CT molecular complexity index is 291. The number of carbonyl (C=O) groups is 1. The van der Waals surface area contributed by atoms with Crippen LogP contribution in [0.3, 0.4) is 0 Å². The Hall–Kier alpha value is -0.610. The molecule has 1 saturated carbocycles. The van der Waals surface area contributed by atoms with Gasteiger partial charge in [0.25, 0.3) is 0 Å². The maximum absolute atomic E-state index is 12.0. The van der Waals surface area contributed by atoms with Gasteiger partial charge in [0, 0.05) is 13.1 Å². The first-order valence-corrected chi connectivity index (χ1v) is 7.73. The van der Waals surface area contributed by atoms with Crippen molar-refractivity contribution in [3.63, 3.8) is 0 Å². The molecule has 0 aromatic carbocycles. The van der Waals surface area contributed by atoms with Crippen LogP contribution < -0.4 is 11.1 Å². The molecule has 4 nitrogen and oxygen atoms in total. The highest BCUT2D eigenvalue weighted by Crippen LogP contribution is 2.36. The molecule has 19 heavy (non-hydrogen) atoms. The van der Waals surface area contributed by atoms with E-state index < -0.39 is 5.54 Å². The summed E-state index contributed by atoms with van der Waals surface area (Å²) in [5, 5.41) is 3.50. The Kier molecular flexibility index (Phi) is 6.27. The van der Waals surface area contributed by atoms with Crippen LogP contribution in [0.5, 0.6) is 0 Å². The van der Waals surface area contributed by atoms with Crippen molar-refractivity contribution in [2.45, 2.75) is 52.5 Å². The second kappa shape index (κ2) is 7.25. The van der Waals surface area contributed by atoms with Gasteiger partial charge in [-0.15, -0.1) is 0 Å². The van der Waals surface area contributed by atoms with Gasteiger partial charge in [0.2, 0.25) is 5.91 Å². The fourth-order valence-electron chi connectivity index (χ4n) is 3.29. The molecule has 0 spiro atoms. The van der Waals surface area contributed by atoms with Gasteiger partial charge in [-0.1, -0.05) is 34.1 Å². The fourth-order valence-corrected chi connectivity index (χ4v) is 3.29. The molecule has 3 N–H and O–H groups in total. The van der Waals surface area contributed by atoms with E-state index in [1.54, 1.807) is 0 Å². The van der Waals surface area contributed by atoms with Crippen LogP contribution in [-0.2, 0) is 4.79 Å². The lowest BCUT2D eigenvalue weighted by Crippen LogP contribution is -2.62. The predicted molar refractivity (Wildman–Crippen MR) is 79.9 cm³/mol. The van der Waals surface area contributed by atoms with Crippen molar-refractivity contribution >= 4 is 5.91 Å². The molecule has 0 radical (unpaired) electrons. The van der Waals surface area contributed by atoms with Crippen LogP contribution >= 0.6 is 0 Å². The van der Waals surface area contributed by atoms with Gasteiger partial charge in [-0.05, 0) is 37.8 Å². The molecule has 3 atom stereocenters. The monoisotopic (exact) mass is 269 g/mol. The first-order valence-electron chi connectivity index (χ1n) is 7.73. The summed E-state index contributed by atoms with van der Waals surface area (Å²) in [6.45, 7) is 12.6. The zero-order chi connectivity index (χ0) is 14.5. The first-order chi connectivity index (χ1) is 8.96. The number of nitrogens with one attached hydrogen (secondary N) is 1. The van der Waals surface area contributed by atoms with Crippen LogP contribution in [0, 0.1) is 11.8 Å². The summed E-state index contributed by atoms with van der Waals surface area (Å²) in [5.41, 5.74) is 5.23. The van der Waals surface area contributed by atoms with Crippen molar-refractivity contribution < 1.29 is 4.79 Å². The van der Waals surface area contributed by atoms with Gasteiger partial charge < -0.3 is 16.0 Å². The lowest BCUT2D eigenvalue weighted by molar-refractivity contribution is -0.128. The molecule has 0 heterocycles. The van der Waals surface area contributed by atoms with Crippen molar-refractivity contribution in [2.75, 3.05) is 26.2 Å². The molecular formula is C15H31N3O. The fraction of sp³-hybridized carbons (Fsp3) is 0.933. The Morgan fingerprint density at radius 1 is 1.32 bits per heavy atom. The summed E-state index contributed by atoms with van der Waals surface area (Å²) in [5.74, 6) is 0.730. The average molecular weight is 269 g/mol. The van der Waals surface area contributed by atoms with Gasteiger partial charge in [-0.2, -0.15) is 0 Å². The van der Waals surface area contributed by atoms with Crippen LogP contribution in [0.4, 0.5) is 0 Å². The number of likely N-dealkylation sites (N-methyl/N-ethyl adjacent to an activating group) is 1. The SMILES string of the molecule is CCN(CC)CCNC1(C(N)=O)CC(C)CCC1C. The first kappa shape index (κ1) is 16.4. The van der Waals surface area contributed by atoms with Gasteiger partial charge in [-0.25, -0.2) is 0 Å². The number of nitrogens with two attached hydrogens (primary N) is 1. The molecule has 4 heteroatoms. The van der Waals surface area contributed by atoms with Crippen molar-refractivity contribution in [1.82, 2.24) is 10.2 Å². The number of carbonyl (C=O) groups excluding carboxylic acids is 1. The van der Waals surface area contributed by atoms with Crippen molar-refractivity contribution in [1.29, 1.82) is 0 Å². The van der Waals surface area contributed by atoms with E-state index in [1.165, 1.54) is 6.42 Å². The molecule has 112 valence electrons. The normalized spacial score (nSPS) is 31.6. The minimum absolute atomic E-state index is 0.175. The maximum Gasteiger partial charge on any atom is 0.238 e. The van der Waals surface area contributed by atoms with Crippen LogP contribution in [0.2, 0.25) is 0 Å². The van der Waals surface area contributed by atoms with Gasteiger partial charge in [-0.3, -0.25) is 4.79 Å². The predicted octanol–water partition coefficient (Wildman–Crippen LogP) is 1.60. The molecule has 1 aliphatic rings. The molecule has 0 saturated heterocycles. The number of nitrogens with zero attached hydrogens (tertiary/aromatic N) is 1. The van der Waals surface area contributed by atoms with E-state index in [0.29, 0.717) is 11.8 Å². The Morgan fingerprint density at radius 3 is 2.47 bits per heavy atom. The van der Waals surface area contributed by atoms with Crippen LogP contribution in [0.1, 0.15) is 47.0 Å². The zero-order valence-corrected chi connectivity index (χ0v) is 13.0.